The molecule has 2 unspecified atom stereocenters. The lowest BCUT2D eigenvalue weighted by atomic mass is 9.98. The van der Waals surface area contributed by atoms with Crippen LogP contribution in [0.15, 0.2) is 34.9 Å². The molecule has 2 atom stereocenters. The predicted molar refractivity (Wildman–Crippen MR) is 99.0 cm³/mol. The monoisotopic (exact) mass is 361 g/mol. The summed E-state index contributed by atoms with van der Waals surface area (Å²) >= 11 is 0. The molecule has 5 nitrogen and oxygen atoms in total. The van der Waals surface area contributed by atoms with Crippen LogP contribution in [0.5, 0.6) is 0 Å². The van der Waals surface area contributed by atoms with Crippen molar-refractivity contribution < 1.29 is 9.32 Å². The molecule has 2 aliphatic rings. The Balaban J connectivity index is 0.00000182. The summed E-state index contributed by atoms with van der Waals surface area (Å²) in [4.78, 5) is 14.6. The highest BCUT2D eigenvalue weighted by Gasteiger charge is 2.37. The molecule has 0 saturated carbocycles. The number of halogens is 1. The third-order valence-electron chi connectivity index (χ3n) is 5.38. The first kappa shape index (κ1) is 18.0. The molecule has 1 aromatic carbocycles. The molecule has 0 radical (unpaired) electrons. The standard InChI is InChI=1S/C19H23N3O2.ClH/c1-12-3-5-13(6-4-12)17-11-18(24-21-17)19(23)22(2)16-9-14-7-8-15(10-16)20-14;/h3-6,11,14-16,20H,7-10H2,1-2H3;1H. The second kappa shape index (κ2) is 7.18. The van der Waals surface area contributed by atoms with Gasteiger partial charge in [0.05, 0.1) is 0 Å². The molecule has 25 heavy (non-hydrogen) atoms. The van der Waals surface area contributed by atoms with Crippen molar-refractivity contribution >= 4 is 18.3 Å². The van der Waals surface area contributed by atoms with E-state index in [1.807, 2.05) is 43.1 Å². The van der Waals surface area contributed by atoms with Crippen molar-refractivity contribution in [1.29, 1.82) is 0 Å². The first-order chi connectivity index (χ1) is 11.6. The Morgan fingerprint density at radius 3 is 2.48 bits per heavy atom. The van der Waals surface area contributed by atoms with Gasteiger partial charge in [-0.3, -0.25) is 4.79 Å². The van der Waals surface area contributed by atoms with Gasteiger partial charge in [-0.05, 0) is 32.6 Å². The zero-order chi connectivity index (χ0) is 16.7. The lowest BCUT2D eigenvalue weighted by Crippen LogP contribution is -2.48. The van der Waals surface area contributed by atoms with Gasteiger partial charge in [0.2, 0.25) is 5.76 Å². The molecule has 0 spiro atoms. The number of rotatable bonds is 3. The first-order valence-electron chi connectivity index (χ1n) is 8.67. The minimum Gasteiger partial charge on any atom is -0.350 e. The van der Waals surface area contributed by atoms with Crippen LogP contribution in [-0.2, 0) is 0 Å². The van der Waals surface area contributed by atoms with Crippen molar-refractivity contribution in [2.45, 2.75) is 50.7 Å². The molecule has 4 rings (SSSR count). The van der Waals surface area contributed by atoms with Crippen LogP contribution in [0.4, 0.5) is 0 Å². The summed E-state index contributed by atoms with van der Waals surface area (Å²) in [5.41, 5.74) is 2.86. The van der Waals surface area contributed by atoms with Crippen molar-refractivity contribution in [3.8, 4) is 11.3 Å². The molecular weight excluding hydrogens is 338 g/mol. The molecular formula is C19H24ClN3O2. The number of fused-ring (bicyclic) bond motifs is 2. The maximum absolute atomic E-state index is 12.7. The fourth-order valence-electron chi connectivity index (χ4n) is 3.92. The maximum atomic E-state index is 12.7. The highest BCUT2D eigenvalue weighted by Crippen LogP contribution is 2.30. The Morgan fingerprint density at radius 1 is 1.20 bits per heavy atom. The van der Waals surface area contributed by atoms with E-state index in [0.29, 0.717) is 23.5 Å². The Hall–Kier alpha value is -1.85. The van der Waals surface area contributed by atoms with Gasteiger partial charge in [0, 0.05) is 36.8 Å². The summed E-state index contributed by atoms with van der Waals surface area (Å²) in [7, 11) is 1.88. The number of benzene rings is 1. The summed E-state index contributed by atoms with van der Waals surface area (Å²) in [6.07, 6.45) is 4.50. The molecule has 1 amide bonds. The summed E-state index contributed by atoms with van der Waals surface area (Å²) in [6.45, 7) is 2.04. The van der Waals surface area contributed by atoms with Gasteiger partial charge in [-0.25, -0.2) is 0 Å². The van der Waals surface area contributed by atoms with Gasteiger partial charge in [0.15, 0.2) is 0 Å². The van der Waals surface area contributed by atoms with E-state index < -0.39 is 0 Å². The van der Waals surface area contributed by atoms with E-state index in [1.54, 1.807) is 6.07 Å². The molecule has 1 aromatic heterocycles. The first-order valence-corrected chi connectivity index (χ1v) is 8.67. The van der Waals surface area contributed by atoms with Crippen LogP contribution in [0.2, 0.25) is 0 Å². The second-order valence-corrected chi connectivity index (χ2v) is 7.12. The van der Waals surface area contributed by atoms with Gasteiger partial charge < -0.3 is 14.7 Å². The fourth-order valence-corrected chi connectivity index (χ4v) is 3.92. The van der Waals surface area contributed by atoms with Crippen LogP contribution in [0.3, 0.4) is 0 Å². The molecule has 2 bridgehead atoms. The van der Waals surface area contributed by atoms with Gasteiger partial charge in [0.1, 0.15) is 5.69 Å². The van der Waals surface area contributed by atoms with E-state index in [9.17, 15) is 4.79 Å². The quantitative estimate of drug-likeness (QED) is 0.909. The zero-order valence-electron chi connectivity index (χ0n) is 14.6. The minimum absolute atomic E-state index is 0. The lowest BCUT2D eigenvalue weighted by molar-refractivity contribution is 0.0640. The number of carbonyl (C=O) groups is 1. The number of aromatic nitrogens is 1. The van der Waals surface area contributed by atoms with Crippen LogP contribution < -0.4 is 5.32 Å². The zero-order valence-corrected chi connectivity index (χ0v) is 15.4. The van der Waals surface area contributed by atoms with E-state index in [0.717, 1.165) is 18.4 Å². The Morgan fingerprint density at radius 2 is 1.84 bits per heavy atom. The molecule has 1 N–H and O–H groups in total. The summed E-state index contributed by atoms with van der Waals surface area (Å²) in [5.74, 6) is 0.242. The Bertz CT molecular complexity index is 731. The van der Waals surface area contributed by atoms with Crippen molar-refractivity contribution in [3.63, 3.8) is 0 Å². The predicted octanol–water partition coefficient (Wildman–Crippen LogP) is 3.43. The lowest BCUT2D eigenvalue weighted by Gasteiger charge is -2.35. The number of amides is 1. The van der Waals surface area contributed by atoms with E-state index in [1.165, 1.54) is 18.4 Å². The van der Waals surface area contributed by atoms with Crippen LogP contribution in [-0.4, -0.2) is 41.1 Å². The number of piperidine rings is 1. The SMILES string of the molecule is Cc1ccc(-c2cc(C(=O)N(C)C3CC4CCC(C3)N4)on2)cc1.Cl. The van der Waals surface area contributed by atoms with E-state index in [2.05, 4.69) is 10.5 Å². The van der Waals surface area contributed by atoms with Crippen LogP contribution in [0.25, 0.3) is 11.3 Å². The van der Waals surface area contributed by atoms with Gasteiger partial charge in [-0.1, -0.05) is 35.0 Å². The molecule has 2 aliphatic heterocycles. The number of hydrogen-bond acceptors (Lipinski definition) is 4. The topological polar surface area (TPSA) is 58.4 Å². The van der Waals surface area contributed by atoms with Crippen LogP contribution >= 0.6 is 12.4 Å². The molecule has 0 aliphatic carbocycles. The number of nitrogens with zero attached hydrogens (tertiary/aromatic N) is 2. The van der Waals surface area contributed by atoms with Crippen molar-refractivity contribution in [2.75, 3.05) is 7.05 Å². The second-order valence-electron chi connectivity index (χ2n) is 7.12. The van der Waals surface area contributed by atoms with Gasteiger partial charge in [-0.15, -0.1) is 12.4 Å². The summed E-state index contributed by atoms with van der Waals surface area (Å²) < 4.78 is 5.34. The Labute approximate surface area is 154 Å². The average Bonchev–Trinajstić information content (AvgIpc) is 3.21. The minimum atomic E-state index is -0.0767. The number of aryl methyl sites for hydroxylation is 1. The average molecular weight is 362 g/mol. The smallest absolute Gasteiger partial charge is 0.292 e. The summed E-state index contributed by atoms with van der Waals surface area (Å²) in [5, 5.41) is 7.68. The van der Waals surface area contributed by atoms with Crippen molar-refractivity contribution in [3.05, 3.63) is 41.7 Å². The third kappa shape index (κ3) is 3.58. The van der Waals surface area contributed by atoms with E-state index in [4.69, 9.17) is 4.52 Å². The highest BCUT2D eigenvalue weighted by atomic mass is 35.5. The van der Waals surface area contributed by atoms with Gasteiger partial charge in [-0.2, -0.15) is 0 Å². The molecule has 2 saturated heterocycles. The third-order valence-corrected chi connectivity index (χ3v) is 5.38. The maximum Gasteiger partial charge on any atom is 0.292 e. The fraction of sp³-hybridized carbons (Fsp3) is 0.474. The van der Waals surface area contributed by atoms with Gasteiger partial charge in [0.25, 0.3) is 5.91 Å². The molecule has 2 fully saturated rings. The van der Waals surface area contributed by atoms with Crippen molar-refractivity contribution in [1.82, 2.24) is 15.4 Å². The van der Waals surface area contributed by atoms with Crippen LogP contribution in [0.1, 0.15) is 41.8 Å². The molecule has 2 aromatic rings. The molecule has 3 heterocycles. The van der Waals surface area contributed by atoms with E-state index >= 15 is 0 Å². The Kier molecular flexibility index (Phi) is 5.16. The molecule has 134 valence electrons. The largest absolute Gasteiger partial charge is 0.350 e. The van der Waals surface area contributed by atoms with Crippen molar-refractivity contribution in [2.24, 2.45) is 0 Å². The normalized spacial score (nSPS) is 24.6. The van der Waals surface area contributed by atoms with Crippen LogP contribution in [0, 0.1) is 6.92 Å². The number of carbonyl (C=O) groups excluding carboxylic acids is 1. The summed E-state index contributed by atoms with van der Waals surface area (Å²) in [6, 6.07) is 11.2. The van der Waals surface area contributed by atoms with Gasteiger partial charge >= 0.3 is 0 Å². The number of nitrogens with one attached hydrogen (secondary N) is 1. The number of hydrogen-bond donors (Lipinski definition) is 1. The highest BCUT2D eigenvalue weighted by molar-refractivity contribution is 5.92. The molecule has 6 heteroatoms. The van der Waals surface area contributed by atoms with E-state index in [-0.39, 0.29) is 24.4 Å².